The first-order valence-corrected chi connectivity index (χ1v) is 9.85. The summed E-state index contributed by atoms with van der Waals surface area (Å²) in [6.07, 6.45) is 6.46. The first kappa shape index (κ1) is 18.3. The Labute approximate surface area is 168 Å². The first-order valence-electron chi connectivity index (χ1n) is 9.85. The maximum atomic E-state index is 6.11. The van der Waals surface area contributed by atoms with Crippen LogP contribution in [-0.2, 0) is 9.47 Å². The lowest BCUT2D eigenvalue weighted by Gasteiger charge is -2.60. The lowest BCUT2D eigenvalue weighted by Crippen LogP contribution is -2.71. The molecular weight excluding hydrogens is 429 g/mol. The maximum absolute atomic E-state index is 6.11. The summed E-state index contributed by atoms with van der Waals surface area (Å²) < 4.78 is 12.2. The molecule has 4 saturated heterocycles. The summed E-state index contributed by atoms with van der Waals surface area (Å²) >= 11 is 0. The number of likely N-dealkylation sites (tertiary alicyclic amines) is 1. The zero-order valence-electron chi connectivity index (χ0n) is 15.6. The van der Waals surface area contributed by atoms with Gasteiger partial charge in [-0.05, 0) is 25.7 Å². The van der Waals surface area contributed by atoms with Crippen molar-refractivity contribution in [2.45, 2.75) is 63.9 Å². The van der Waals surface area contributed by atoms with Gasteiger partial charge in [-0.1, -0.05) is 13.8 Å². The minimum Gasteiger partial charge on any atom is -0.377 e. The van der Waals surface area contributed by atoms with Crippen molar-refractivity contribution in [3.05, 3.63) is 0 Å². The molecule has 0 spiro atoms. The van der Waals surface area contributed by atoms with E-state index in [9.17, 15) is 0 Å². The van der Waals surface area contributed by atoms with Crippen LogP contribution in [0.25, 0.3) is 0 Å². The Morgan fingerprint density at radius 2 is 1.76 bits per heavy atom. The highest BCUT2D eigenvalue weighted by Gasteiger charge is 2.59. The average molecular weight is 461 g/mol. The van der Waals surface area contributed by atoms with Gasteiger partial charge in [0.1, 0.15) is 0 Å². The van der Waals surface area contributed by atoms with Crippen LogP contribution in [0, 0.1) is 23.2 Å². The second-order valence-corrected chi connectivity index (χ2v) is 9.11. The minimum atomic E-state index is 0. The van der Waals surface area contributed by atoms with Gasteiger partial charge in [0.15, 0.2) is 5.96 Å². The van der Waals surface area contributed by atoms with E-state index in [2.05, 4.69) is 29.1 Å². The summed E-state index contributed by atoms with van der Waals surface area (Å²) in [6, 6.07) is 0.481. The molecule has 5 aliphatic rings. The highest BCUT2D eigenvalue weighted by atomic mass is 127. The molecule has 142 valence electrons. The number of halogens is 1. The Bertz CT molecular complexity index is 537. The second kappa shape index (κ2) is 6.51. The number of nitrogens with zero attached hydrogens (tertiary/aromatic N) is 2. The normalized spacial score (nSPS) is 46.9. The summed E-state index contributed by atoms with van der Waals surface area (Å²) in [5.41, 5.74) is 0.193. The summed E-state index contributed by atoms with van der Waals surface area (Å²) in [7, 11) is 1.93. The van der Waals surface area contributed by atoms with Gasteiger partial charge in [0.2, 0.25) is 0 Å². The molecular formula is C19H32IN3O2. The molecule has 1 N–H and O–H groups in total. The van der Waals surface area contributed by atoms with Crippen molar-refractivity contribution >= 4 is 29.9 Å². The monoisotopic (exact) mass is 461 g/mol. The van der Waals surface area contributed by atoms with Gasteiger partial charge in [-0.15, -0.1) is 24.0 Å². The van der Waals surface area contributed by atoms with E-state index >= 15 is 0 Å². The highest BCUT2D eigenvalue weighted by molar-refractivity contribution is 14.0. The molecule has 4 heterocycles. The third-order valence-corrected chi connectivity index (χ3v) is 7.58. The summed E-state index contributed by atoms with van der Waals surface area (Å²) in [4.78, 5) is 7.14. The van der Waals surface area contributed by atoms with E-state index in [1.54, 1.807) is 0 Å². The number of ether oxygens (including phenoxy) is 2. The highest BCUT2D eigenvalue weighted by Crippen LogP contribution is 2.52. The van der Waals surface area contributed by atoms with E-state index in [1.165, 1.54) is 25.7 Å². The molecule has 5 fully saturated rings. The molecule has 7 atom stereocenters. The van der Waals surface area contributed by atoms with Gasteiger partial charge in [0.05, 0.1) is 18.3 Å². The Morgan fingerprint density at radius 3 is 2.40 bits per heavy atom. The molecule has 25 heavy (non-hydrogen) atoms. The largest absolute Gasteiger partial charge is 0.377 e. The fourth-order valence-corrected chi connectivity index (χ4v) is 6.38. The van der Waals surface area contributed by atoms with Crippen LogP contribution in [0.15, 0.2) is 4.99 Å². The van der Waals surface area contributed by atoms with Crippen molar-refractivity contribution in [2.75, 3.05) is 26.7 Å². The van der Waals surface area contributed by atoms with Crippen molar-refractivity contribution in [3.63, 3.8) is 0 Å². The van der Waals surface area contributed by atoms with Crippen LogP contribution >= 0.6 is 24.0 Å². The molecule has 0 amide bonds. The molecule has 6 heteroatoms. The van der Waals surface area contributed by atoms with Crippen LogP contribution in [0.3, 0.4) is 0 Å². The SMILES string of the molecule is CN=C(NC1C2CCCOC2C1(C)C)N1CC2C3CCC(O3)C2C1.I. The number of guanidine groups is 1. The molecule has 0 radical (unpaired) electrons. The van der Waals surface area contributed by atoms with Gasteiger partial charge in [-0.2, -0.15) is 0 Å². The quantitative estimate of drug-likeness (QED) is 0.371. The third kappa shape index (κ3) is 2.64. The van der Waals surface area contributed by atoms with Crippen molar-refractivity contribution in [2.24, 2.45) is 28.2 Å². The van der Waals surface area contributed by atoms with Crippen molar-refractivity contribution in [3.8, 4) is 0 Å². The van der Waals surface area contributed by atoms with Crippen LogP contribution in [0.4, 0.5) is 0 Å². The molecule has 7 unspecified atom stereocenters. The first-order chi connectivity index (χ1) is 11.6. The summed E-state index contributed by atoms with van der Waals surface area (Å²) in [5.74, 6) is 3.20. The van der Waals surface area contributed by atoms with E-state index in [0.717, 1.165) is 37.5 Å². The fourth-order valence-electron chi connectivity index (χ4n) is 6.38. The lowest BCUT2D eigenvalue weighted by atomic mass is 9.55. The number of rotatable bonds is 1. The molecule has 2 bridgehead atoms. The topological polar surface area (TPSA) is 46.1 Å². The fraction of sp³-hybridized carbons (Fsp3) is 0.947. The summed E-state index contributed by atoms with van der Waals surface area (Å²) in [6.45, 7) is 7.85. The smallest absolute Gasteiger partial charge is 0.193 e. The van der Waals surface area contributed by atoms with E-state index in [0.29, 0.717) is 30.3 Å². The second-order valence-electron chi connectivity index (χ2n) is 9.11. The Kier molecular flexibility index (Phi) is 4.77. The zero-order valence-corrected chi connectivity index (χ0v) is 17.9. The van der Waals surface area contributed by atoms with Gasteiger partial charge in [0, 0.05) is 56.0 Å². The Hall–Kier alpha value is -0.0800. The number of nitrogens with one attached hydrogen (secondary N) is 1. The van der Waals surface area contributed by atoms with Crippen LogP contribution < -0.4 is 5.32 Å². The van der Waals surface area contributed by atoms with E-state index in [1.807, 2.05) is 7.05 Å². The molecule has 1 saturated carbocycles. The van der Waals surface area contributed by atoms with Gasteiger partial charge in [-0.3, -0.25) is 4.99 Å². The predicted octanol–water partition coefficient (Wildman–Crippen LogP) is 2.49. The molecule has 0 aromatic rings. The Balaban J connectivity index is 0.00000157. The lowest BCUT2D eigenvalue weighted by molar-refractivity contribution is -0.188. The molecule has 0 aromatic heterocycles. The minimum absolute atomic E-state index is 0. The molecule has 5 rings (SSSR count). The molecule has 5 nitrogen and oxygen atoms in total. The van der Waals surface area contributed by atoms with E-state index in [-0.39, 0.29) is 29.4 Å². The molecule has 0 aromatic carbocycles. The number of hydrogen-bond donors (Lipinski definition) is 1. The maximum Gasteiger partial charge on any atom is 0.193 e. The van der Waals surface area contributed by atoms with Crippen LogP contribution in [0.1, 0.15) is 39.5 Å². The van der Waals surface area contributed by atoms with Crippen LogP contribution in [0.5, 0.6) is 0 Å². The third-order valence-electron chi connectivity index (χ3n) is 7.58. The standard InChI is InChI=1S/C19H31N3O2.HI/c1-19(2)16(11-5-4-8-23-17(11)19)21-18(20-3)22-9-12-13(10-22)15-7-6-14(12)24-15;/h11-17H,4-10H2,1-3H3,(H,20,21);1H. The van der Waals surface area contributed by atoms with E-state index in [4.69, 9.17) is 9.47 Å². The predicted molar refractivity (Wildman–Crippen MR) is 108 cm³/mol. The molecule has 4 aliphatic heterocycles. The van der Waals surface area contributed by atoms with Gasteiger partial charge >= 0.3 is 0 Å². The van der Waals surface area contributed by atoms with Gasteiger partial charge < -0.3 is 19.7 Å². The van der Waals surface area contributed by atoms with Crippen molar-refractivity contribution in [1.29, 1.82) is 0 Å². The summed E-state index contributed by atoms with van der Waals surface area (Å²) in [5, 5.41) is 3.83. The Morgan fingerprint density at radius 1 is 1.08 bits per heavy atom. The molecule has 1 aliphatic carbocycles. The van der Waals surface area contributed by atoms with Crippen molar-refractivity contribution in [1.82, 2.24) is 10.2 Å². The number of fused-ring (bicyclic) bond motifs is 6. The van der Waals surface area contributed by atoms with Gasteiger partial charge in [-0.25, -0.2) is 0 Å². The zero-order chi connectivity index (χ0) is 16.5. The number of hydrogen-bond acceptors (Lipinski definition) is 3. The average Bonchev–Trinajstić information content (AvgIpc) is 3.28. The van der Waals surface area contributed by atoms with Crippen LogP contribution in [0.2, 0.25) is 0 Å². The van der Waals surface area contributed by atoms with Gasteiger partial charge in [0.25, 0.3) is 0 Å². The van der Waals surface area contributed by atoms with Crippen molar-refractivity contribution < 1.29 is 9.47 Å². The van der Waals surface area contributed by atoms with Crippen LogP contribution in [-0.4, -0.2) is 62.0 Å². The van der Waals surface area contributed by atoms with E-state index < -0.39 is 0 Å². The number of aliphatic imine (C=N–C) groups is 1.